The zero-order valence-electron chi connectivity index (χ0n) is 7.05. The Kier molecular flexibility index (Phi) is 1.85. The Morgan fingerprint density at radius 3 is 2.30 bits per heavy atom. The lowest BCUT2D eigenvalue weighted by Crippen LogP contribution is -2.42. The molecule has 1 N–H and O–H groups in total. The van der Waals surface area contributed by atoms with Gasteiger partial charge in [0.15, 0.2) is 0 Å². The number of nitrogens with one attached hydrogen (secondary N) is 1. The minimum atomic E-state index is 0.515. The first-order chi connectivity index (χ1) is 4.61. The number of nitrogens with zero attached hydrogens (tertiary/aromatic N) is 2. The summed E-state index contributed by atoms with van der Waals surface area (Å²) < 4.78 is 0. The van der Waals surface area contributed by atoms with Gasteiger partial charge in [-0.25, -0.2) is 0 Å². The summed E-state index contributed by atoms with van der Waals surface area (Å²) in [4.78, 5) is 0. The summed E-state index contributed by atoms with van der Waals surface area (Å²) in [5.74, 6) is 0. The first-order valence-corrected chi connectivity index (χ1v) is 3.58. The van der Waals surface area contributed by atoms with Crippen LogP contribution in [-0.4, -0.2) is 23.1 Å². The highest BCUT2D eigenvalue weighted by molar-refractivity contribution is 4.99. The minimum absolute atomic E-state index is 0.515. The van der Waals surface area contributed by atoms with Gasteiger partial charge in [0.1, 0.15) is 0 Å². The summed E-state index contributed by atoms with van der Waals surface area (Å²) >= 11 is 0. The van der Waals surface area contributed by atoms with Gasteiger partial charge in [0.25, 0.3) is 0 Å². The van der Waals surface area contributed by atoms with E-state index < -0.39 is 0 Å². The number of hydrogen-bond donors (Lipinski definition) is 1. The molecule has 0 spiro atoms. The quantitative estimate of drug-likeness (QED) is 0.586. The van der Waals surface area contributed by atoms with Crippen molar-refractivity contribution in [3.63, 3.8) is 0 Å². The van der Waals surface area contributed by atoms with Crippen molar-refractivity contribution in [3.8, 4) is 0 Å². The van der Waals surface area contributed by atoms with Crippen LogP contribution >= 0.6 is 0 Å². The molecule has 3 nitrogen and oxygen atoms in total. The molecular formula is C7H15N3. The third-order valence-corrected chi connectivity index (χ3v) is 1.54. The molecule has 0 amide bonds. The SMILES string of the molecule is CC1=CN(C)NN1C(C)C. The third-order valence-electron chi connectivity index (χ3n) is 1.54. The summed E-state index contributed by atoms with van der Waals surface area (Å²) in [5, 5.41) is 4.08. The molecule has 1 heterocycles. The summed E-state index contributed by atoms with van der Waals surface area (Å²) in [6.45, 7) is 6.41. The number of rotatable bonds is 1. The second-order valence-corrected chi connectivity index (χ2v) is 2.95. The van der Waals surface area contributed by atoms with Crippen molar-refractivity contribution >= 4 is 0 Å². The Morgan fingerprint density at radius 1 is 1.50 bits per heavy atom. The van der Waals surface area contributed by atoms with Crippen molar-refractivity contribution in [2.45, 2.75) is 26.8 Å². The lowest BCUT2D eigenvalue weighted by molar-refractivity contribution is 0.120. The van der Waals surface area contributed by atoms with E-state index in [9.17, 15) is 0 Å². The van der Waals surface area contributed by atoms with E-state index >= 15 is 0 Å². The Bertz CT molecular complexity index is 151. The monoisotopic (exact) mass is 141 g/mol. The van der Waals surface area contributed by atoms with Gasteiger partial charge in [-0.3, -0.25) is 10.0 Å². The Hall–Kier alpha value is -0.700. The molecule has 1 aliphatic heterocycles. The molecule has 0 bridgehead atoms. The normalized spacial score (nSPS) is 18.7. The molecule has 0 aliphatic carbocycles. The first-order valence-electron chi connectivity index (χ1n) is 3.58. The van der Waals surface area contributed by atoms with Gasteiger partial charge in [0.05, 0.1) is 0 Å². The third kappa shape index (κ3) is 1.24. The van der Waals surface area contributed by atoms with Gasteiger partial charge < -0.3 is 0 Å². The van der Waals surface area contributed by atoms with Gasteiger partial charge in [-0.05, 0) is 20.8 Å². The van der Waals surface area contributed by atoms with Crippen molar-refractivity contribution in [1.82, 2.24) is 15.6 Å². The van der Waals surface area contributed by atoms with Crippen molar-refractivity contribution in [2.75, 3.05) is 7.05 Å². The predicted molar refractivity (Wildman–Crippen MR) is 41.6 cm³/mol. The standard InChI is InChI=1S/C7H15N3/c1-6(2)10-7(3)5-9(4)8-10/h5-6,8H,1-4H3. The molecule has 0 saturated heterocycles. The smallest absolute Gasteiger partial charge is 0.0457 e. The molecule has 58 valence electrons. The van der Waals surface area contributed by atoms with E-state index in [0.717, 1.165) is 0 Å². The molecule has 0 unspecified atom stereocenters. The van der Waals surface area contributed by atoms with Crippen LogP contribution in [0.2, 0.25) is 0 Å². The molecule has 0 aromatic rings. The maximum absolute atomic E-state index is 3.18. The van der Waals surface area contributed by atoms with Crippen LogP contribution < -0.4 is 5.53 Å². The molecule has 0 fully saturated rings. The Balaban J connectivity index is 2.59. The number of hydrazine groups is 2. The van der Waals surface area contributed by atoms with Gasteiger partial charge in [0.2, 0.25) is 0 Å². The second-order valence-electron chi connectivity index (χ2n) is 2.95. The van der Waals surface area contributed by atoms with Crippen LogP contribution in [0.15, 0.2) is 11.9 Å². The fraction of sp³-hybridized carbons (Fsp3) is 0.714. The van der Waals surface area contributed by atoms with Crippen molar-refractivity contribution in [2.24, 2.45) is 0 Å². The highest BCUT2D eigenvalue weighted by atomic mass is 15.8. The predicted octanol–water partition coefficient (Wildman–Crippen LogP) is 0.923. The van der Waals surface area contributed by atoms with E-state index in [1.807, 2.05) is 12.1 Å². The molecule has 3 heteroatoms. The van der Waals surface area contributed by atoms with Crippen LogP contribution in [0.1, 0.15) is 20.8 Å². The van der Waals surface area contributed by atoms with E-state index in [1.165, 1.54) is 5.70 Å². The van der Waals surface area contributed by atoms with E-state index in [1.54, 1.807) is 0 Å². The lowest BCUT2D eigenvalue weighted by Gasteiger charge is -2.25. The van der Waals surface area contributed by atoms with Crippen molar-refractivity contribution in [1.29, 1.82) is 0 Å². The summed E-state index contributed by atoms with van der Waals surface area (Å²) in [5.41, 5.74) is 4.44. The Labute approximate surface area is 62.2 Å². The van der Waals surface area contributed by atoms with Gasteiger partial charge in [-0.1, -0.05) is 0 Å². The molecular weight excluding hydrogens is 126 g/mol. The van der Waals surface area contributed by atoms with E-state index in [4.69, 9.17) is 0 Å². The van der Waals surface area contributed by atoms with Gasteiger partial charge >= 0.3 is 0 Å². The highest BCUT2D eigenvalue weighted by Gasteiger charge is 2.16. The zero-order valence-corrected chi connectivity index (χ0v) is 7.05. The topological polar surface area (TPSA) is 18.5 Å². The van der Waals surface area contributed by atoms with Crippen molar-refractivity contribution in [3.05, 3.63) is 11.9 Å². The van der Waals surface area contributed by atoms with Crippen LogP contribution in [-0.2, 0) is 0 Å². The van der Waals surface area contributed by atoms with Gasteiger partial charge in [-0.15, -0.1) is 5.53 Å². The molecule has 0 saturated carbocycles. The summed E-state index contributed by atoms with van der Waals surface area (Å²) in [7, 11) is 1.99. The zero-order chi connectivity index (χ0) is 7.72. The maximum atomic E-state index is 3.18. The molecule has 0 aromatic carbocycles. The molecule has 0 aromatic heterocycles. The average Bonchev–Trinajstić information content (AvgIpc) is 2.10. The summed E-state index contributed by atoms with van der Waals surface area (Å²) in [6, 6.07) is 0.515. The van der Waals surface area contributed by atoms with E-state index in [0.29, 0.717) is 6.04 Å². The van der Waals surface area contributed by atoms with Crippen LogP contribution in [0.25, 0.3) is 0 Å². The molecule has 10 heavy (non-hydrogen) atoms. The maximum Gasteiger partial charge on any atom is 0.0457 e. The second kappa shape index (κ2) is 2.50. The van der Waals surface area contributed by atoms with E-state index in [-0.39, 0.29) is 0 Å². The van der Waals surface area contributed by atoms with Gasteiger partial charge in [0, 0.05) is 25.0 Å². The highest BCUT2D eigenvalue weighted by Crippen LogP contribution is 2.11. The summed E-state index contributed by atoms with van der Waals surface area (Å²) in [6.07, 6.45) is 2.07. The van der Waals surface area contributed by atoms with E-state index in [2.05, 4.69) is 37.5 Å². The fourth-order valence-corrected chi connectivity index (χ4v) is 1.14. The first kappa shape index (κ1) is 7.41. The Morgan fingerprint density at radius 2 is 2.10 bits per heavy atom. The number of allylic oxidation sites excluding steroid dienone is 1. The largest absolute Gasteiger partial charge is 0.299 e. The minimum Gasteiger partial charge on any atom is -0.299 e. The van der Waals surface area contributed by atoms with Crippen LogP contribution in [0.5, 0.6) is 0 Å². The molecule has 1 aliphatic rings. The molecule has 0 atom stereocenters. The number of hydrogen-bond acceptors (Lipinski definition) is 3. The van der Waals surface area contributed by atoms with Crippen LogP contribution in [0.3, 0.4) is 0 Å². The van der Waals surface area contributed by atoms with Gasteiger partial charge in [-0.2, -0.15) is 0 Å². The average molecular weight is 141 g/mol. The fourth-order valence-electron chi connectivity index (χ4n) is 1.14. The van der Waals surface area contributed by atoms with Crippen LogP contribution in [0, 0.1) is 0 Å². The van der Waals surface area contributed by atoms with Crippen molar-refractivity contribution < 1.29 is 0 Å². The molecule has 0 radical (unpaired) electrons. The molecule has 1 rings (SSSR count). The van der Waals surface area contributed by atoms with Crippen LogP contribution in [0.4, 0.5) is 0 Å². The lowest BCUT2D eigenvalue weighted by atomic mass is 10.3.